The number of thiazole rings is 1. The number of nitrogens with zero attached hydrogens (tertiary/aromatic N) is 4. The van der Waals surface area contributed by atoms with Gasteiger partial charge in [0.15, 0.2) is 5.13 Å². The highest BCUT2D eigenvalue weighted by Gasteiger charge is 2.22. The molecule has 0 saturated carbocycles. The molecule has 2 aromatic carbocycles. The Labute approximate surface area is 215 Å². The minimum absolute atomic E-state index is 0.0225. The lowest BCUT2D eigenvalue weighted by atomic mass is 10.1. The van der Waals surface area contributed by atoms with Crippen LogP contribution in [0, 0.1) is 5.82 Å². The van der Waals surface area contributed by atoms with Crippen molar-refractivity contribution in [2.24, 2.45) is 0 Å². The summed E-state index contributed by atoms with van der Waals surface area (Å²) in [6, 6.07) is 12.5. The van der Waals surface area contributed by atoms with Gasteiger partial charge in [0.1, 0.15) is 11.5 Å². The monoisotopic (exact) mass is 525 g/mol. The summed E-state index contributed by atoms with van der Waals surface area (Å²) in [7, 11) is 0. The number of nitrogen functional groups attached to an aromatic ring is 1. The highest BCUT2D eigenvalue weighted by Crippen LogP contribution is 2.40. The van der Waals surface area contributed by atoms with Crippen molar-refractivity contribution in [2.75, 3.05) is 47.6 Å². The molecule has 1 aliphatic heterocycles. The molecule has 2 aromatic heterocycles. The van der Waals surface area contributed by atoms with Gasteiger partial charge >= 0.3 is 6.03 Å². The van der Waals surface area contributed by atoms with E-state index in [1.54, 1.807) is 18.3 Å². The van der Waals surface area contributed by atoms with Crippen LogP contribution in [0.3, 0.4) is 0 Å². The third-order valence-electron chi connectivity index (χ3n) is 5.38. The Morgan fingerprint density at radius 1 is 1.11 bits per heavy atom. The van der Waals surface area contributed by atoms with E-state index in [4.69, 9.17) is 27.1 Å². The normalized spacial score (nSPS) is 13.4. The largest absolute Gasteiger partial charge is 0.378 e. The van der Waals surface area contributed by atoms with Crippen molar-refractivity contribution in [3.05, 3.63) is 65.6 Å². The molecular formula is C24H21ClFN7O2S. The van der Waals surface area contributed by atoms with Crippen molar-refractivity contribution in [1.29, 1.82) is 0 Å². The zero-order chi connectivity index (χ0) is 25.1. The summed E-state index contributed by atoms with van der Waals surface area (Å²) < 4.78 is 19.5. The van der Waals surface area contributed by atoms with E-state index < -0.39 is 11.8 Å². The first-order chi connectivity index (χ1) is 17.5. The van der Waals surface area contributed by atoms with Gasteiger partial charge in [-0.25, -0.2) is 24.1 Å². The predicted octanol–water partition coefficient (Wildman–Crippen LogP) is 5.12. The zero-order valence-corrected chi connectivity index (χ0v) is 20.4. The van der Waals surface area contributed by atoms with E-state index in [9.17, 15) is 9.18 Å². The number of morpholine rings is 1. The van der Waals surface area contributed by atoms with E-state index in [2.05, 4.69) is 25.5 Å². The van der Waals surface area contributed by atoms with Crippen LogP contribution in [0.1, 0.15) is 0 Å². The van der Waals surface area contributed by atoms with Gasteiger partial charge in [-0.2, -0.15) is 0 Å². The number of hydrogen-bond donors (Lipinski definition) is 3. The lowest BCUT2D eigenvalue weighted by Crippen LogP contribution is -2.36. The van der Waals surface area contributed by atoms with E-state index in [-0.39, 0.29) is 16.7 Å². The predicted molar refractivity (Wildman–Crippen MR) is 140 cm³/mol. The van der Waals surface area contributed by atoms with Gasteiger partial charge in [-0.15, -0.1) is 0 Å². The Hall–Kier alpha value is -3.80. The van der Waals surface area contributed by atoms with Crippen molar-refractivity contribution < 1.29 is 13.9 Å². The summed E-state index contributed by atoms with van der Waals surface area (Å²) in [4.78, 5) is 28.8. The molecule has 36 heavy (non-hydrogen) atoms. The summed E-state index contributed by atoms with van der Waals surface area (Å²) in [6.07, 6.45) is 1.59. The van der Waals surface area contributed by atoms with Crippen molar-refractivity contribution in [3.63, 3.8) is 0 Å². The number of carbonyl (C=O) groups is 1. The Morgan fingerprint density at radius 3 is 2.72 bits per heavy atom. The molecule has 1 saturated heterocycles. The maximum Gasteiger partial charge on any atom is 0.323 e. The maximum absolute atomic E-state index is 14.1. The van der Waals surface area contributed by atoms with Crippen LogP contribution in [0.15, 0.2) is 54.7 Å². The molecule has 3 heterocycles. The average Bonchev–Trinajstić information content (AvgIpc) is 3.32. The molecule has 4 N–H and O–H groups in total. The van der Waals surface area contributed by atoms with Crippen molar-refractivity contribution >= 4 is 51.4 Å². The molecular weight excluding hydrogens is 505 g/mol. The number of benzene rings is 2. The second kappa shape index (κ2) is 10.4. The van der Waals surface area contributed by atoms with Crippen molar-refractivity contribution in [2.45, 2.75) is 0 Å². The number of halogens is 2. The molecule has 1 aliphatic rings. The van der Waals surface area contributed by atoms with E-state index >= 15 is 0 Å². The number of hydrogen-bond acceptors (Lipinski definition) is 8. The van der Waals surface area contributed by atoms with Gasteiger partial charge in [0.25, 0.3) is 0 Å². The molecule has 0 spiro atoms. The van der Waals surface area contributed by atoms with Crippen LogP contribution in [-0.4, -0.2) is 47.3 Å². The molecule has 2 amide bonds. The third-order valence-corrected chi connectivity index (χ3v) is 6.78. The molecule has 5 rings (SSSR count). The number of urea groups is 1. The van der Waals surface area contributed by atoms with Crippen LogP contribution in [0.2, 0.25) is 5.02 Å². The van der Waals surface area contributed by atoms with Crippen molar-refractivity contribution in [3.8, 4) is 21.8 Å². The number of rotatable bonds is 5. The number of aromatic nitrogens is 3. The quantitative estimate of drug-likeness (QED) is 0.331. The minimum Gasteiger partial charge on any atom is -0.378 e. The molecule has 0 atom stereocenters. The van der Waals surface area contributed by atoms with Crippen molar-refractivity contribution in [1.82, 2.24) is 15.0 Å². The Balaban J connectivity index is 1.44. The first-order valence-electron chi connectivity index (χ1n) is 11.0. The zero-order valence-electron chi connectivity index (χ0n) is 18.9. The lowest BCUT2D eigenvalue weighted by molar-refractivity contribution is 0.122. The van der Waals surface area contributed by atoms with Crippen LogP contribution in [-0.2, 0) is 4.74 Å². The second-order valence-corrected chi connectivity index (χ2v) is 9.27. The van der Waals surface area contributed by atoms with E-state index in [0.29, 0.717) is 30.3 Å². The molecule has 1 fully saturated rings. The number of amides is 2. The van der Waals surface area contributed by atoms with Crippen LogP contribution < -0.4 is 21.3 Å². The number of carbonyl (C=O) groups excluding carboxylic acids is 1. The number of anilines is 4. The van der Waals surface area contributed by atoms with Gasteiger partial charge in [0.05, 0.1) is 29.5 Å². The van der Waals surface area contributed by atoms with Gasteiger partial charge in [0.2, 0.25) is 5.95 Å². The van der Waals surface area contributed by atoms with Crippen LogP contribution in [0.5, 0.6) is 0 Å². The highest BCUT2D eigenvalue weighted by atomic mass is 35.5. The van der Waals surface area contributed by atoms with Gasteiger partial charge in [-0.1, -0.05) is 35.1 Å². The van der Waals surface area contributed by atoms with E-state index in [1.165, 1.54) is 23.5 Å². The Bertz CT molecular complexity index is 1410. The SMILES string of the molecule is Nc1nccc(-c2nc(N3CCOCC3)sc2-c2cccc(NC(=O)Nc3ccc(Cl)cc3F)c2)n1. The summed E-state index contributed by atoms with van der Waals surface area (Å²) in [5.74, 6) is -0.471. The fourth-order valence-electron chi connectivity index (χ4n) is 3.69. The van der Waals surface area contributed by atoms with Gasteiger partial charge < -0.3 is 26.0 Å². The number of ether oxygens (including phenoxy) is 1. The topological polar surface area (TPSA) is 118 Å². The molecule has 0 aliphatic carbocycles. The minimum atomic E-state index is -0.625. The second-order valence-electron chi connectivity index (χ2n) is 7.86. The van der Waals surface area contributed by atoms with Crippen LogP contribution in [0.4, 0.5) is 31.6 Å². The summed E-state index contributed by atoms with van der Waals surface area (Å²) >= 11 is 7.30. The smallest absolute Gasteiger partial charge is 0.323 e. The molecule has 0 radical (unpaired) electrons. The average molecular weight is 526 g/mol. The van der Waals surface area contributed by atoms with Gasteiger partial charge in [-0.05, 0) is 42.0 Å². The van der Waals surface area contributed by atoms with Gasteiger partial charge in [-0.3, -0.25) is 0 Å². The third kappa shape index (κ3) is 5.38. The van der Waals surface area contributed by atoms with E-state index in [1.807, 2.05) is 18.2 Å². The van der Waals surface area contributed by atoms with Gasteiger partial charge in [0, 0.05) is 30.0 Å². The lowest BCUT2D eigenvalue weighted by Gasteiger charge is -2.26. The maximum atomic E-state index is 14.1. The Kier molecular flexibility index (Phi) is 6.94. The van der Waals surface area contributed by atoms with E-state index in [0.717, 1.165) is 34.7 Å². The Morgan fingerprint density at radius 2 is 1.94 bits per heavy atom. The summed E-state index contributed by atoms with van der Waals surface area (Å²) in [5, 5.41) is 6.32. The first-order valence-corrected chi connectivity index (χ1v) is 12.2. The van der Waals surface area contributed by atoms with Crippen LogP contribution >= 0.6 is 22.9 Å². The molecule has 12 heteroatoms. The highest BCUT2D eigenvalue weighted by molar-refractivity contribution is 7.19. The molecule has 184 valence electrons. The molecule has 4 aromatic rings. The first kappa shape index (κ1) is 23.9. The number of nitrogens with two attached hydrogens (primary N) is 1. The fraction of sp³-hybridized carbons (Fsp3) is 0.167. The molecule has 9 nitrogen and oxygen atoms in total. The standard InChI is InChI=1S/C24H21ClFN7O2S/c25-15-4-5-18(17(26)13-15)31-23(34)29-16-3-1-2-14(12-16)21-20(19-6-7-28-22(27)30-19)32-24(36-21)33-8-10-35-11-9-33/h1-7,12-13H,8-11H2,(H2,27,28,30)(H2,29,31,34). The number of nitrogens with one attached hydrogen (secondary N) is 2. The molecule has 0 unspecified atom stereocenters. The summed E-state index contributed by atoms with van der Waals surface area (Å²) in [6.45, 7) is 2.74. The fourth-order valence-corrected chi connectivity index (χ4v) is 4.97. The van der Waals surface area contributed by atoms with Crippen LogP contribution in [0.25, 0.3) is 21.8 Å². The summed E-state index contributed by atoms with van der Waals surface area (Å²) in [5.41, 5.74) is 8.47. The molecule has 0 bridgehead atoms.